The molecule has 0 saturated carbocycles. The molecule has 4 heterocycles. The SMILES string of the molecule is c1ccc2c(c1)[se]c1c(-c3ccc(-c4c5ccccc5c(-c5ccc(-c6nccc7c6[se]c6ccccc67)cc5)c5ccccc45)cc3)nccc12. The fraction of sp³-hybridized carbons (Fsp3) is 0. The normalized spacial score (nSPS) is 11.8. The van der Waals surface area contributed by atoms with Gasteiger partial charge in [-0.2, -0.15) is 0 Å². The van der Waals surface area contributed by atoms with Gasteiger partial charge in [-0.25, -0.2) is 0 Å². The Morgan fingerprint density at radius 2 is 0.615 bits per heavy atom. The molecule has 2 nitrogen and oxygen atoms in total. The van der Waals surface area contributed by atoms with Gasteiger partial charge in [0.25, 0.3) is 0 Å². The molecule has 4 heteroatoms. The number of rotatable bonds is 4. The second-order valence-corrected chi connectivity index (χ2v) is 17.7. The third-order valence-electron chi connectivity index (χ3n) is 10.4. The Bertz CT molecular complexity index is 2900. The molecule has 0 spiro atoms. The van der Waals surface area contributed by atoms with Crippen molar-refractivity contribution in [1.29, 1.82) is 0 Å². The summed E-state index contributed by atoms with van der Waals surface area (Å²) in [4.78, 5) is 9.83. The Balaban J connectivity index is 1.04. The minimum atomic E-state index is 0.249. The molecule has 0 fully saturated rings. The van der Waals surface area contributed by atoms with Crippen molar-refractivity contribution in [3.05, 3.63) is 170 Å². The number of aromatic nitrogens is 2. The van der Waals surface area contributed by atoms with E-state index in [0.29, 0.717) is 0 Å². The van der Waals surface area contributed by atoms with Gasteiger partial charge in [0.05, 0.1) is 0 Å². The number of hydrogen-bond acceptors (Lipinski definition) is 2. The number of hydrogen-bond donors (Lipinski definition) is 0. The third kappa shape index (κ3) is 4.63. The number of benzene rings is 7. The first-order valence-corrected chi connectivity index (χ1v) is 20.9. The molecular formula is C48H28N2Se2. The van der Waals surface area contributed by atoms with Gasteiger partial charge in [-0.15, -0.1) is 0 Å². The summed E-state index contributed by atoms with van der Waals surface area (Å²) in [5.41, 5.74) is 9.52. The molecule has 0 unspecified atom stereocenters. The van der Waals surface area contributed by atoms with E-state index in [2.05, 4.69) is 158 Å². The minimum absolute atomic E-state index is 0.249. The van der Waals surface area contributed by atoms with Gasteiger partial charge in [-0.1, -0.05) is 0 Å². The second-order valence-electron chi connectivity index (χ2n) is 13.3. The summed E-state index contributed by atoms with van der Waals surface area (Å²) in [5.74, 6) is 0. The molecular weight excluding hydrogens is 762 g/mol. The van der Waals surface area contributed by atoms with Crippen LogP contribution >= 0.6 is 0 Å². The first kappa shape index (κ1) is 30.1. The van der Waals surface area contributed by atoms with Crippen LogP contribution in [0, 0.1) is 0 Å². The van der Waals surface area contributed by atoms with E-state index in [4.69, 9.17) is 9.97 Å². The van der Waals surface area contributed by atoms with Gasteiger partial charge >= 0.3 is 314 Å². The monoisotopic (exact) mass is 792 g/mol. The van der Waals surface area contributed by atoms with Crippen molar-refractivity contribution in [2.45, 2.75) is 0 Å². The van der Waals surface area contributed by atoms with E-state index in [9.17, 15) is 0 Å². The maximum absolute atomic E-state index is 4.92. The van der Waals surface area contributed by atoms with Crippen LogP contribution in [0.2, 0.25) is 0 Å². The van der Waals surface area contributed by atoms with Crippen LogP contribution in [-0.4, -0.2) is 39.0 Å². The van der Waals surface area contributed by atoms with E-state index in [1.165, 1.54) is 93.5 Å². The molecule has 0 aliphatic carbocycles. The van der Waals surface area contributed by atoms with Crippen LogP contribution in [0.5, 0.6) is 0 Å². The summed E-state index contributed by atoms with van der Waals surface area (Å²) in [6.45, 7) is 0. The van der Waals surface area contributed by atoms with Crippen LogP contribution in [-0.2, 0) is 0 Å². The van der Waals surface area contributed by atoms with E-state index in [-0.39, 0.29) is 29.0 Å². The number of nitrogens with zero attached hydrogens (tertiary/aromatic N) is 2. The summed E-state index contributed by atoms with van der Waals surface area (Å²) in [7, 11) is 0. The van der Waals surface area contributed by atoms with Gasteiger partial charge in [0, 0.05) is 0 Å². The van der Waals surface area contributed by atoms with Crippen molar-refractivity contribution >= 4 is 89.1 Å². The molecule has 0 amide bonds. The molecule has 11 aromatic rings. The van der Waals surface area contributed by atoms with E-state index in [1.54, 1.807) is 0 Å². The zero-order chi connectivity index (χ0) is 34.2. The average Bonchev–Trinajstić information content (AvgIpc) is 3.79. The van der Waals surface area contributed by atoms with Crippen molar-refractivity contribution in [3.8, 4) is 44.8 Å². The molecule has 0 N–H and O–H groups in total. The van der Waals surface area contributed by atoms with Crippen LogP contribution in [0.1, 0.15) is 0 Å². The van der Waals surface area contributed by atoms with Crippen molar-refractivity contribution < 1.29 is 0 Å². The third-order valence-corrected chi connectivity index (χ3v) is 15.4. The molecule has 4 aromatic heterocycles. The summed E-state index contributed by atoms with van der Waals surface area (Å²) < 4.78 is 5.65. The van der Waals surface area contributed by atoms with E-state index in [0.717, 1.165) is 11.4 Å². The van der Waals surface area contributed by atoms with Gasteiger partial charge in [-0.05, 0) is 0 Å². The first-order chi connectivity index (χ1) is 25.8. The van der Waals surface area contributed by atoms with Gasteiger partial charge in [0.1, 0.15) is 0 Å². The number of fused-ring (bicyclic) bond motifs is 8. The van der Waals surface area contributed by atoms with Crippen LogP contribution in [0.15, 0.2) is 170 Å². The van der Waals surface area contributed by atoms with Crippen molar-refractivity contribution in [1.82, 2.24) is 9.97 Å². The molecule has 0 bridgehead atoms. The van der Waals surface area contributed by atoms with Crippen molar-refractivity contribution in [2.24, 2.45) is 0 Å². The summed E-state index contributed by atoms with van der Waals surface area (Å²) in [6, 6.07) is 58.0. The Hall–Kier alpha value is -5.60. The molecule has 11 rings (SSSR count). The summed E-state index contributed by atoms with van der Waals surface area (Å²) in [6.07, 6.45) is 3.94. The predicted molar refractivity (Wildman–Crippen MR) is 223 cm³/mol. The first-order valence-electron chi connectivity index (χ1n) is 17.5. The molecule has 0 aliphatic heterocycles. The fourth-order valence-electron chi connectivity index (χ4n) is 8.05. The van der Waals surface area contributed by atoms with Crippen LogP contribution in [0.3, 0.4) is 0 Å². The van der Waals surface area contributed by atoms with E-state index >= 15 is 0 Å². The van der Waals surface area contributed by atoms with Gasteiger partial charge in [0.2, 0.25) is 0 Å². The summed E-state index contributed by atoms with van der Waals surface area (Å²) >= 11 is 0.498. The second kappa shape index (κ2) is 12.0. The fourth-order valence-corrected chi connectivity index (χ4v) is 13.1. The zero-order valence-electron chi connectivity index (χ0n) is 27.9. The van der Waals surface area contributed by atoms with Crippen molar-refractivity contribution in [3.63, 3.8) is 0 Å². The molecule has 0 aliphatic rings. The Labute approximate surface area is 312 Å². The zero-order valence-corrected chi connectivity index (χ0v) is 31.3. The predicted octanol–water partition coefficient (Wildman–Crippen LogP) is 12.2. The topological polar surface area (TPSA) is 25.8 Å². The Morgan fingerprint density at radius 1 is 0.288 bits per heavy atom. The standard InChI is InChI=1S/C48H28N2Se2/c1-2-12-36-35(11-1)43(29-17-21-31(22-18-29)45-47-39(25-27-49-45)33-9-5-7-15-41(33)51-47)37-13-3-4-14-38(37)44(36)30-19-23-32(24-20-30)46-48-40(26-28-50-46)34-10-6-8-16-42(34)52-48/h1-28H. The molecule has 7 aromatic carbocycles. The van der Waals surface area contributed by atoms with Crippen LogP contribution in [0.25, 0.3) is 105 Å². The van der Waals surface area contributed by atoms with Crippen LogP contribution in [0.4, 0.5) is 0 Å². The van der Waals surface area contributed by atoms with E-state index in [1.807, 2.05) is 12.4 Å². The summed E-state index contributed by atoms with van der Waals surface area (Å²) in [5, 5.41) is 10.4. The maximum atomic E-state index is 4.92. The molecule has 52 heavy (non-hydrogen) atoms. The van der Waals surface area contributed by atoms with Crippen LogP contribution < -0.4 is 0 Å². The van der Waals surface area contributed by atoms with E-state index < -0.39 is 0 Å². The molecule has 0 saturated heterocycles. The van der Waals surface area contributed by atoms with Gasteiger partial charge < -0.3 is 0 Å². The van der Waals surface area contributed by atoms with Gasteiger partial charge in [0.15, 0.2) is 0 Å². The average molecular weight is 791 g/mol. The molecule has 242 valence electrons. The Kier molecular flexibility index (Phi) is 6.93. The Morgan fingerprint density at radius 3 is 1.00 bits per heavy atom. The van der Waals surface area contributed by atoms with Crippen molar-refractivity contribution in [2.75, 3.05) is 0 Å². The molecule has 0 radical (unpaired) electrons. The molecule has 0 atom stereocenters. The van der Waals surface area contributed by atoms with Gasteiger partial charge in [-0.3, -0.25) is 0 Å². The number of pyridine rings is 2. The quantitative estimate of drug-likeness (QED) is 0.131.